The lowest BCUT2D eigenvalue weighted by molar-refractivity contribution is 0.0791. The number of H-pyrrole nitrogens is 2. The van der Waals surface area contributed by atoms with Crippen LogP contribution < -0.4 is 0 Å². The van der Waals surface area contributed by atoms with Gasteiger partial charge >= 0.3 is 0 Å². The number of aromatic nitrogens is 5. The van der Waals surface area contributed by atoms with Crippen LogP contribution in [0.5, 0.6) is 0 Å². The molecular weight excluding hydrogens is 268 g/mol. The van der Waals surface area contributed by atoms with Gasteiger partial charge in [0.1, 0.15) is 11.0 Å². The van der Waals surface area contributed by atoms with Gasteiger partial charge < -0.3 is 4.90 Å². The molecule has 0 unspecified atom stereocenters. The molecule has 0 bridgehead atoms. The van der Waals surface area contributed by atoms with Crippen molar-refractivity contribution >= 4 is 16.9 Å². The highest BCUT2D eigenvalue weighted by molar-refractivity contribution is 5.97. The quantitative estimate of drug-likeness (QED) is 0.741. The summed E-state index contributed by atoms with van der Waals surface area (Å²) in [6.45, 7) is 1.48. The molecule has 1 aliphatic rings. The van der Waals surface area contributed by atoms with E-state index in [1.807, 2.05) is 17.0 Å². The molecular formula is C14H14N6O. The molecule has 21 heavy (non-hydrogen) atoms. The number of hydrogen-bond acceptors (Lipinski definition) is 4. The summed E-state index contributed by atoms with van der Waals surface area (Å²) < 4.78 is 0. The smallest absolute Gasteiger partial charge is 0.253 e. The summed E-state index contributed by atoms with van der Waals surface area (Å²) in [4.78, 5) is 14.5. The number of carbonyl (C=O) groups excluding carboxylic acids is 1. The van der Waals surface area contributed by atoms with Gasteiger partial charge in [0.25, 0.3) is 5.91 Å². The summed E-state index contributed by atoms with van der Waals surface area (Å²) in [6.07, 6.45) is 2.71. The number of likely N-dealkylation sites (tertiary alicyclic amines) is 1. The highest BCUT2D eigenvalue weighted by atomic mass is 16.2. The van der Waals surface area contributed by atoms with Crippen LogP contribution >= 0.6 is 0 Å². The van der Waals surface area contributed by atoms with Gasteiger partial charge in [0.15, 0.2) is 0 Å². The van der Waals surface area contributed by atoms with Crippen molar-refractivity contribution < 1.29 is 4.79 Å². The molecule has 2 aromatic heterocycles. The maximum Gasteiger partial charge on any atom is 0.253 e. The average Bonchev–Trinajstić information content (AvgIpc) is 3.24. The number of fused-ring (bicyclic) bond motifs is 1. The SMILES string of the molecule is O=C(c1ccc2n[nH]nc2c1)N1CC[C@@H](c2ccn[nH]2)C1. The van der Waals surface area contributed by atoms with Crippen LogP contribution in [0, 0.1) is 0 Å². The minimum atomic E-state index is 0.0434. The molecule has 0 aliphatic carbocycles. The third kappa shape index (κ3) is 2.06. The number of carbonyl (C=O) groups is 1. The van der Waals surface area contributed by atoms with Gasteiger partial charge in [0, 0.05) is 36.5 Å². The van der Waals surface area contributed by atoms with Crippen molar-refractivity contribution in [2.24, 2.45) is 0 Å². The molecule has 106 valence electrons. The molecule has 2 N–H and O–H groups in total. The molecule has 3 heterocycles. The zero-order valence-electron chi connectivity index (χ0n) is 11.3. The summed E-state index contributed by atoms with van der Waals surface area (Å²) in [5.41, 5.74) is 3.23. The third-order valence-electron chi connectivity index (χ3n) is 4.00. The number of nitrogens with one attached hydrogen (secondary N) is 2. The molecule has 0 radical (unpaired) electrons. The van der Waals surface area contributed by atoms with Gasteiger partial charge in [-0.2, -0.15) is 20.5 Å². The molecule has 1 amide bonds. The van der Waals surface area contributed by atoms with Crippen LogP contribution in [0.4, 0.5) is 0 Å². The van der Waals surface area contributed by atoms with E-state index in [1.54, 1.807) is 18.3 Å². The maximum atomic E-state index is 12.6. The number of aromatic amines is 2. The van der Waals surface area contributed by atoms with Crippen LogP contribution in [-0.2, 0) is 0 Å². The Morgan fingerprint density at radius 1 is 1.24 bits per heavy atom. The van der Waals surface area contributed by atoms with E-state index in [0.717, 1.165) is 30.7 Å². The van der Waals surface area contributed by atoms with Gasteiger partial charge in [-0.1, -0.05) is 0 Å². The molecule has 4 rings (SSSR count). The average molecular weight is 282 g/mol. The maximum absolute atomic E-state index is 12.6. The Balaban J connectivity index is 1.55. The van der Waals surface area contributed by atoms with E-state index in [0.29, 0.717) is 17.0 Å². The second-order valence-corrected chi connectivity index (χ2v) is 5.28. The minimum Gasteiger partial charge on any atom is -0.338 e. The van der Waals surface area contributed by atoms with Crippen molar-refractivity contribution in [1.29, 1.82) is 0 Å². The highest BCUT2D eigenvalue weighted by Gasteiger charge is 2.28. The van der Waals surface area contributed by atoms with E-state index in [-0.39, 0.29) is 5.91 Å². The Kier molecular flexibility index (Phi) is 2.70. The number of amides is 1. The number of benzene rings is 1. The molecule has 1 atom stereocenters. The lowest BCUT2D eigenvalue weighted by Crippen LogP contribution is -2.28. The van der Waals surface area contributed by atoms with Crippen LogP contribution in [0.3, 0.4) is 0 Å². The minimum absolute atomic E-state index is 0.0434. The highest BCUT2D eigenvalue weighted by Crippen LogP contribution is 2.26. The van der Waals surface area contributed by atoms with E-state index in [9.17, 15) is 4.79 Å². The van der Waals surface area contributed by atoms with Crippen LogP contribution in [0.15, 0.2) is 30.5 Å². The second-order valence-electron chi connectivity index (χ2n) is 5.28. The van der Waals surface area contributed by atoms with Gasteiger partial charge in [0.2, 0.25) is 0 Å². The second kappa shape index (κ2) is 4.69. The fourth-order valence-electron chi connectivity index (χ4n) is 2.85. The summed E-state index contributed by atoms with van der Waals surface area (Å²) in [7, 11) is 0. The first-order valence-electron chi connectivity index (χ1n) is 6.90. The first kappa shape index (κ1) is 12.1. The van der Waals surface area contributed by atoms with Crippen molar-refractivity contribution in [2.45, 2.75) is 12.3 Å². The van der Waals surface area contributed by atoms with Crippen molar-refractivity contribution in [3.63, 3.8) is 0 Å². The van der Waals surface area contributed by atoms with E-state index < -0.39 is 0 Å². The van der Waals surface area contributed by atoms with Crippen molar-refractivity contribution in [3.05, 3.63) is 41.7 Å². The van der Waals surface area contributed by atoms with Gasteiger partial charge in [-0.25, -0.2) is 0 Å². The Bertz CT molecular complexity index is 778. The standard InChI is InChI=1S/C14H14N6O/c21-14(9-1-2-12-13(7-9)18-19-17-12)20-6-4-10(8-20)11-3-5-15-16-11/h1-3,5,7,10H,4,6,8H2,(H,15,16)(H,17,18,19)/t10-/m1/s1. The summed E-state index contributed by atoms with van der Waals surface area (Å²) in [6, 6.07) is 7.37. The van der Waals surface area contributed by atoms with E-state index in [2.05, 4.69) is 25.6 Å². The predicted octanol–water partition coefficient (Wildman–Crippen LogP) is 1.31. The fourth-order valence-corrected chi connectivity index (χ4v) is 2.85. The van der Waals surface area contributed by atoms with Crippen LogP contribution in [0.25, 0.3) is 11.0 Å². The molecule has 0 spiro atoms. The summed E-state index contributed by atoms with van der Waals surface area (Å²) in [5.74, 6) is 0.383. The number of nitrogens with zero attached hydrogens (tertiary/aromatic N) is 4. The molecule has 3 aromatic rings. The Morgan fingerprint density at radius 2 is 2.14 bits per heavy atom. The topological polar surface area (TPSA) is 90.6 Å². The zero-order valence-corrected chi connectivity index (χ0v) is 11.3. The molecule has 7 nitrogen and oxygen atoms in total. The van der Waals surface area contributed by atoms with Gasteiger partial charge in [-0.3, -0.25) is 9.89 Å². The van der Waals surface area contributed by atoms with Crippen LogP contribution in [0.1, 0.15) is 28.4 Å². The first-order chi connectivity index (χ1) is 10.3. The first-order valence-corrected chi connectivity index (χ1v) is 6.90. The Hall–Kier alpha value is -2.70. The number of hydrogen-bond donors (Lipinski definition) is 2. The van der Waals surface area contributed by atoms with Crippen LogP contribution in [0.2, 0.25) is 0 Å². The summed E-state index contributed by atoms with van der Waals surface area (Å²) in [5, 5.41) is 17.5. The monoisotopic (exact) mass is 282 g/mol. The van der Waals surface area contributed by atoms with Crippen LogP contribution in [-0.4, -0.2) is 49.5 Å². The van der Waals surface area contributed by atoms with Gasteiger partial charge in [-0.15, -0.1) is 0 Å². The largest absolute Gasteiger partial charge is 0.338 e. The molecule has 1 fully saturated rings. The Morgan fingerprint density at radius 3 is 3.00 bits per heavy atom. The number of rotatable bonds is 2. The van der Waals surface area contributed by atoms with E-state index >= 15 is 0 Å². The van der Waals surface area contributed by atoms with Gasteiger partial charge in [-0.05, 0) is 30.7 Å². The van der Waals surface area contributed by atoms with E-state index in [4.69, 9.17) is 0 Å². The zero-order chi connectivity index (χ0) is 14.2. The predicted molar refractivity (Wildman–Crippen MR) is 75.7 cm³/mol. The fraction of sp³-hybridized carbons (Fsp3) is 0.286. The Labute approximate surface area is 120 Å². The lowest BCUT2D eigenvalue weighted by atomic mass is 10.1. The lowest BCUT2D eigenvalue weighted by Gasteiger charge is -2.16. The van der Waals surface area contributed by atoms with Crippen molar-refractivity contribution in [3.8, 4) is 0 Å². The molecule has 1 aromatic carbocycles. The normalized spacial score (nSPS) is 18.5. The molecule has 1 saturated heterocycles. The van der Waals surface area contributed by atoms with Crippen molar-refractivity contribution in [1.82, 2.24) is 30.5 Å². The third-order valence-corrected chi connectivity index (χ3v) is 4.00. The van der Waals surface area contributed by atoms with Crippen molar-refractivity contribution in [2.75, 3.05) is 13.1 Å². The molecule has 7 heteroatoms. The van der Waals surface area contributed by atoms with E-state index in [1.165, 1.54) is 0 Å². The van der Waals surface area contributed by atoms with Gasteiger partial charge in [0.05, 0.1) is 0 Å². The molecule has 0 saturated carbocycles. The summed E-state index contributed by atoms with van der Waals surface area (Å²) >= 11 is 0. The molecule has 1 aliphatic heterocycles.